The van der Waals surface area contributed by atoms with Gasteiger partial charge in [0.15, 0.2) is 10.9 Å². The van der Waals surface area contributed by atoms with E-state index in [0.717, 1.165) is 29.5 Å². The van der Waals surface area contributed by atoms with E-state index in [1.54, 1.807) is 12.1 Å². The number of rotatable bonds is 7. The van der Waals surface area contributed by atoms with Crippen LogP contribution in [-0.2, 0) is 4.79 Å². The average molecular weight is 391 g/mol. The van der Waals surface area contributed by atoms with Crippen molar-refractivity contribution in [3.05, 3.63) is 59.4 Å². The summed E-state index contributed by atoms with van der Waals surface area (Å²) >= 11 is 1.12. The Morgan fingerprint density at radius 2 is 2.07 bits per heavy atom. The monoisotopic (exact) mass is 391 g/mol. The van der Waals surface area contributed by atoms with Gasteiger partial charge in [0, 0.05) is 23.9 Å². The second kappa shape index (κ2) is 8.54. The van der Waals surface area contributed by atoms with Crippen molar-refractivity contribution in [3.8, 4) is 11.3 Å². The quantitative estimate of drug-likeness (QED) is 0.600. The summed E-state index contributed by atoms with van der Waals surface area (Å²) in [7, 11) is 0. The molecule has 0 saturated heterocycles. The van der Waals surface area contributed by atoms with Gasteiger partial charge in [-0.2, -0.15) is 0 Å². The Morgan fingerprint density at radius 3 is 2.85 bits per heavy atom. The van der Waals surface area contributed by atoms with Gasteiger partial charge >= 0.3 is 0 Å². The van der Waals surface area contributed by atoms with Crippen LogP contribution in [0.3, 0.4) is 0 Å². The zero-order valence-corrected chi connectivity index (χ0v) is 14.8. The molecule has 9 heteroatoms. The number of anilines is 1. The molecule has 0 fully saturated rings. The number of benzene rings is 1. The normalized spacial score (nSPS) is 10.6. The molecule has 0 aliphatic heterocycles. The van der Waals surface area contributed by atoms with Crippen LogP contribution in [0.15, 0.2) is 46.4 Å². The molecule has 0 spiro atoms. The van der Waals surface area contributed by atoms with Crippen molar-refractivity contribution in [2.75, 3.05) is 11.9 Å². The standard InChI is InChI=1S/C18H15F2N3O3S/c19-11-5-6-13(20)12(9-11)14-10-27-18(22-14)23-16(24)4-1-7-21-17(25)15-3-2-8-26-15/h2-3,5-6,8-10H,1,4,7H2,(H,21,25)(H,22,23,24). The van der Waals surface area contributed by atoms with Gasteiger partial charge in [0.05, 0.1) is 12.0 Å². The predicted octanol–water partition coefficient (Wildman–Crippen LogP) is 3.83. The van der Waals surface area contributed by atoms with Gasteiger partial charge in [-0.3, -0.25) is 9.59 Å². The van der Waals surface area contributed by atoms with Gasteiger partial charge in [-0.05, 0) is 36.8 Å². The molecule has 27 heavy (non-hydrogen) atoms. The molecule has 1 aromatic carbocycles. The van der Waals surface area contributed by atoms with Gasteiger partial charge < -0.3 is 15.1 Å². The van der Waals surface area contributed by atoms with Crippen LogP contribution in [-0.4, -0.2) is 23.3 Å². The summed E-state index contributed by atoms with van der Waals surface area (Å²) in [4.78, 5) is 27.7. The number of carbonyl (C=O) groups is 2. The summed E-state index contributed by atoms with van der Waals surface area (Å²) in [5, 5.41) is 7.07. The number of carbonyl (C=O) groups excluding carboxylic acids is 2. The molecule has 0 saturated carbocycles. The fourth-order valence-electron chi connectivity index (χ4n) is 2.28. The Hall–Kier alpha value is -3.07. The summed E-state index contributed by atoms with van der Waals surface area (Å²) in [6, 6.07) is 6.26. The molecule has 0 atom stereocenters. The zero-order chi connectivity index (χ0) is 19.2. The lowest BCUT2D eigenvalue weighted by atomic mass is 10.1. The molecule has 2 N–H and O–H groups in total. The second-order valence-corrected chi connectivity index (χ2v) is 6.41. The van der Waals surface area contributed by atoms with Gasteiger partial charge in [-0.15, -0.1) is 11.3 Å². The van der Waals surface area contributed by atoms with Crippen molar-refractivity contribution in [3.63, 3.8) is 0 Å². The molecule has 0 aliphatic carbocycles. The summed E-state index contributed by atoms with van der Waals surface area (Å²) < 4.78 is 32.0. The van der Waals surface area contributed by atoms with Crippen molar-refractivity contribution in [2.45, 2.75) is 12.8 Å². The van der Waals surface area contributed by atoms with Crippen molar-refractivity contribution in [1.82, 2.24) is 10.3 Å². The van der Waals surface area contributed by atoms with Crippen LogP contribution in [0.4, 0.5) is 13.9 Å². The van der Waals surface area contributed by atoms with Crippen LogP contribution in [0.5, 0.6) is 0 Å². The summed E-state index contributed by atoms with van der Waals surface area (Å²) in [5.74, 6) is -1.59. The van der Waals surface area contributed by atoms with E-state index < -0.39 is 11.6 Å². The number of furan rings is 1. The van der Waals surface area contributed by atoms with Gasteiger partial charge in [0.1, 0.15) is 11.6 Å². The van der Waals surface area contributed by atoms with Crippen LogP contribution in [0.1, 0.15) is 23.4 Å². The van der Waals surface area contributed by atoms with Gasteiger partial charge in [-0.25, -0.2) is 13.8 Å². The third kappa shape index (κ3) is 4.98. The first-order valence-corrected chi connectivity index (χ1v) is 8.93. The molecule has 0 bridgehead atoms. The predicted molar refractivity (Wildman–Crippen MR) is 96.4 cm³/mol. The lowest BCUT2D eigenvalue weighted by Crippen LogP contribution is -2.25. The first-order chi connectivity index (χ1) is 13.0. The first-order valence-electron chi connectivity index (χ1n) is 8.05. The summed E-state index contributed by atoms with van der Waals surface area (Å²) in [6.07, 6.45) is 2.00. The third-order valence-corrected chi connectivity index (χ3v) is 4.32. The molecule has 2 amide bonds. The number of halogens is 2. The number of nitrogens with zero attached hydrogens (tertiary/aromatic N) is 1. The van der Waals surface area contributed by atoms with Crippen molar-refractivity contribution in [2.24, 2.45) is 0 Å². The maximum absolute atomic E-state index is 13.8. The first kappa shape index (κ1) is 18.7. The number of hydrogen-bond acceptors (Lipinski definition) is 5. The molecular formula is C18H15F2N3O3S. The van der Waals surface area contributed by atoms with Crippen LogP contribution in [0, 0.1) is 11.6 Å². The van der Waals surface area contributed by atoms with Gasteiger partial charge in [0.2, 0.25) is 5.91 Å². The van der Waals surface area contributed by atoms with Crippen LogP contribution in [0.2, 0.25) is 0 Å². The highest BCUT2D eigenvalue weighted by atomic mass is 32.1. The van der Waals surface area contributed by atoms with Crippen LogP contribution in [0.25, 0.3) is 11.3 Å². The third-order valence-electron chi connectivity index (χ3n) is 3.57. The fraction of sp³-hybridized carbons (Fsp3) is 0.167. The molecule has 140 valence electrons. The lowest BCUT2D eigenvalue weighted by molar-refractivity contribution is -0.116. The van der Waals surface area contributed by atoms with Crippen LogP contribution < -0.4 is 10.6 Å². The minimum Gasteiger partial charge on any atom is -0.459 e. The van der Waals surface area contributed by atoms with E-state index in [-0.39, 0.29) is 35.3 Å². The Bertz CT molecular complexity index is 941. The minimum absolute atomic E-state index is 0.0346. The molecule has 6 nitrogen and oxygen atoms in total. The van der Waals surface area contributed by atoms with Crippen molar-refractivity contribution in [1.29, 1.82) is 0 Å². The number of hydrogen-bond donors (Lipinski definition) is 2. The van der Waals surface area contributed by atoms with E-state index in [1.807, 2.05) is 0 Å². The smallest absolute Gasteiger partial charge is 0.286 e. The Kier molecular flexibility index (Phi) is 5.92. The Morgan fingerprint density at radius 1 is 1.22 bits per heavy atom. The van der Waals surface area contributed by atoms with E-state index >= 15 is 0 Å². The molecule has 0 aliphatic rings. The van der Waals surface area contributed by atoms with E-state index in [9.17, 15) is 18.4 Å². The van der Waals surface area contributed by atoms with Crippen molar-refractivity contribution < 1.29 is 22.8 Å². The molecule has 0 unspecified atom stereocenters. The highest BCUT2D eigenvalue weighted by Crippen LogP contribution is 2.27. The maximum atomic E-state index is 13.8. The molecular weight excluding hydrogens is 376 g/mol. The molecule has 3 rings (SSSR count). The fourth-order valence-corrected chi connectivity index (χ4v) is 3.00. The zero-order valence-electron chi connectivity index (χ0n) is 14.0. The highest BCUT2D eigenvalue weighted by molar-refractivity contribution is 7.14. The molecule has 3 aromatic rings. The van der Waals surface area contributed by atoms with E-state index in [2.05, 4.69) is 15.6 Å². The second-order valence-electron chi connectivity index (χ2n) is 5.55. The number of nitrogens with one attached hydrogen (secondary N) is 2. The SMILES string of the molecule is O=C(CCCNC(=O)c1ccco1)Nc1nc(-c2cc(F)ccc2F)cs1. The summed E-state index contributed by atoms with van der Waals surface area (Å²) in [6.45, 7) is 0.310. The van der Waals surface area contributed by atoms with Gasteiger partial charge in [-0.1, -0.05) is 0 Å². The van der Waals surface area contributed by atoms with Crippen LogP contribution >= 0.6 is 11.3 Å². The largest absolute Gasteiger partial charge is 0.459 e. The van der Waals surface area contributed by atoms with E-state index in [1.165, 1.54) is 11.6 Å². The topological polar surface area (TPSA) is 84.2 Å². The molecule has 2 aromatic heterocycles. The van der Waals surface area contributed by atoms with Gasteiger partial charge in [0.25, 0.3) is 5.91 Å². The lowest BCUT2D eigenvalue weighted by Gasteiger charge is -2.04. The Balaban J connectivity index is 1.47. The molecule has 0 radical (unpaired) electrons. The number of amides is 2. The number of thiazole rings is 1. The summed E-state index contributed by atoms with van der Waals surface area (Å²) in [5.41, 5.74) is 0.283. The molecule has 2 heterocycles. The average Bonchev–Trinajstić information content (AvgIpc) is 3.32. The van der Waals surface area contributed by atoms with Crippen molar-refractivity contribution >= 4 is 28.3 Å². The maximum Gasteiger partial charge on any atom is 0.286 e. The highest BCUT2D eigenvalue weighted by Gasteiger charge is 2.13. The number of aromatic nitrogens is 1. The minimum atomic E-state index is -0.591. The van der Waals surface area contributed by atoms with E-state index in [0.29, 0.717) is 18.1 Å². The van der Waals surface area contributed by atoms with E-state index in [4.69, 9.17) is 4.42 Å². The Labute approximate surface area is 157 Å².